The number of unbranched alkanes of at least 4 members (excludes halogenated alkanes) is 18. The fourth-order valence-electron chi connectivity index (χ4n) is 3.35. The summed E-state index contributed by atoms with van der Waals surface area (Å²) in [5, 5.41) is 10.3. The molecule has 0 fully saturated rings. The van der Waals surface area contributed by atoms with Crippen molar-refractivity contribution in [3.8, 4) is 0 Å². The minimum atomic E-state index is -4.89. The molecule has 0 aliphatic carbocycles. The third-order valence-corrected chi connectivity index (χ3v) is 4.98. The molecule has 0 aromatic heterocycles. The molecule has 0 spiro atoms. The van der Waals surface area contributed by atoms with E-state index in [0.717, 1.165) is 12.8 Å². The van der Waals surface area contributed by atoms with Gasteiger partial charge in [0.1, 0.15) is 0 Å². The molecule has 0 amide bonds. The van der Waals surface area contributed by atoms with E-state index in [0.29, 0.717) is 0 Å². The van der Waals surface area contributed by atoms with Crippen LogP contribution in [0.2, 0.25) is 0 Å². The normalized spacial score (nSPS) is 10.1. The van der Waals surface area contributed by atoms with Gasteiger partial charge in [-0.2, -0.15) is 0 Å². The summed E-state index contributed by atoms with van der Waals surface area (Å²) >= 11 is 0. The van der Waals surface area contributed by atoms with Crippen molar-refractivity contribution in [2.75, 3.05) is 0 Å². The van der Waals surface area contributed by atoms with Gasteiger partial charge in [-0.25, -0.2) is 0 Å². The van der Waals surface area contributed by atoms with Gasteiger partial charge in [-0.1, -0.05) is 122 Å². The van der Waals surface area contributed by atoms with Gasteiger partial charge in [-0.05, 0) is 12.8 Å². The van der Waals surface area contributed by atoms with Crippen LogP contribution in [0.25, 0.3) is 0 Å². The van der Waals surface area contributed by atoms with E-state index in [2.05, 4.69) is 6.92 Å². The summed E-state index contributed by atoms with van der Waals surface area (Å²) in [6, 6.07) is 0. The zero-order valence-corrected chi connectivity index (χ0v) is 22.6. The predicted molar refractivity (Wildman–Crippen MR) is 128 cm³/mol. The van der Waals surface area contributed by atoms with Crippen molar-refractivity contribution in [3.63, 3.8) is 0 Å². The fourth-order valence-corrected chi connectivity index (χ4v) is 3.35. The Hall–Kier alpha value is 0.266. The summed E-state index contributed by atoms with van der Waals surface area (Å²) in [7, 11) is -4.89. The minimum absolute atomic E-state index is 0. The number of carbonyl (C=O) groups is 1. The van der Waals surface area contributed by atoms with Gasteiger partial charge < -0.3 is 35.5 Å². The Morgan fingerprint density at radius 2 is 0.812 bits per heavy atom. The van der Waals surface area contributed by atoms with Crippen molar-refractivity contribution in [2.45, 2.75) is 135 Å². The van der Waals surface area contributed by atoms with Crippen LogP contribution in [0.4, 0.5) is 0 Å². The fraction of sp³-hybridized carbons (Fsp3) is 0.955. The number of aliphatic carboxylic acids is 1. The van der Waals surface area contributed by atoms with Crippen molar-refractivity contribution >= 4 is 36.8 Å². The summed E-state index contributed by atoms with van der Waals surface area (Å²) in [6.07, 6.45) is 25.7. The maximum Gasteiger partial charge on any atom is 2.00 e. The second-order valence-corrected chi connectivity index (χ2v) is 8.96. The molecule has 0 aromatic carbocycles. The Bertz CT molecular complexity index is 386. The van der Waals surface area contributed by atoms with E-state index in [1.54, 1.807) is 0 Å². The molecule has 0 aromatic rings. The van der Waals surface area contributed by atoms with Gasteiger partial charge in [0.2, 0.25) is 0 Å². The number of carboxylic acids is 1. The molecule has 0 rings (SSSR count). The molecule has 192 valence electrons. The van der Waals surface area contributed by atoms with Gasteiger partial charge in [0, 0.05) is 5.97 Å². The summed E-state index contributed by atoms with van der Waals surface area (Å²) in [6.45, 7) is 2.28. The van der Waals surface area contributed by atoms with Gasteiger partial charge in [0.05, 0.1) is 0 Å². The zero-order valence-electron chi connectivity index (χ0n) is 20.3. The Morgan fingerprint density at radius 3 is 1.00 bits per heavy atom. The number of hydrogen-bond acceptors (Lipinski definition) is 4. The number of carbonyl (C=O) groups excluding carboxylic acids is 1. The molecule has 0 aliphatic rings. The molecule has 0 bridgehead atoms. The second-order valence-electron chi connectivity index (χ2n) is 7.98. The Morgan fingerprint density at radius 1 is 0.625 bits per heavy atom. The standard InChI is InChI=1S/C22H44O2.Mg.H3O4P.2H2O/c1-2-3-4-5-6-7-8-9-10-11-12-13-14-15-16-17-18-19-20-21-22(23)24;;1-5(2,3)4;;/h2-21H2,1H3,(H,23,24);;(H3,1,2,3,4);2*1H2/q;+2;;;/p-2. The van der Waals surface area contributed by atoms with E-state index in [1.807, 2.05) is 0 Å². The molecule has 0 unspecified atom stereocenters. The average molecular weight is 497 g/mol. The third kappa shape index (κ3) is 57.3. The molecule has 0 heterocycles. The molecule has 32 heavy (non-hydrogen) atoms. The molecule has 0 atom stereocenters. The first kappa shape index (κ1) is 42.4. The summed E-state index contributed by atoms with van der Waals surface area (Å²) < 4.78 is 8.77. The van der Waals surface area contributed by atoms with Crippen LogP contribution in [0, 0.1) is 0 Å². The molecule has 0 aliphatic heterocycles. The van der Waals surface area contributed by atoms with Gasteiger partial charge in [-0.3, -0.25) is 4.57 Å². The van der Waals surface area contributed by atoms with Crippen molar-refractivity contribution in [2.24, 2.45) is 0 Å². The van der Waals surface area contributed by atoms with Crippen molar-refractivity contribution in [3.05, 3.63) is 0 Å². The van der Waals surface area contributed by atoms with E-state index < -0.39 is 13.8 Å². The molecular formula is C22H49MgO8P. The van der Waals surface area contributed by atoms with Crippen molar-refractivity contribution in [1.29, 1.82) is 0 Å². The van der Waals surface area contributed by atoms with Crippen LogP contribution in [-0.4, -0.2) is 49.8 Å². The topological polar surface area (TPSA) is 184 Å². The van der Waals surface area contributed by atoms with Crippen LogP contribution in [0.15, 0.2) is 0 Å². The maximum atomic E-state index is 10.3. The molecule has 0 radical (unpaired) electrons. The van der Waals surface area contributed by atoms with Gasteiger partial charge >= 0.3 is 23.1 Å². The second kappa shape index (κ2) is 33.4. The van der Waals surface area contributed by atoms with Crippen LogP contribution >= 0.6 is 7.82 Å². The molecule has 0 saturated carbocycles. The molecule has 8 nitrogen and oxygen atoms in total. The predicted octanol–water partition coefficient (Wildman–Crippen LogP) is 2.97. The molecule has 6 N–H and O–H groups in total. The smallest absolute Gasteiger partial charge is 0.756 e. The van der Waals surface area contributed by atoms with Gasteiger partial charge in [-0.15, -0.1) is 0 Å². The molecule has 0 saturated heterocycles. The maximum absolute atomic E-state index is 10.3. The van der Waals surface area contributed by atoms with E-state index in [1.165, 1.54) is 109 Å². The zero-order chi connectivity index (χ0) is 22.2. The van der Waals surface area contributed by atoms with Crippen LogP contribution in [-0.2, 0) is 9.36 Å². The number of hydrogen-bond donors (Lipinski definition) is 2. The van der Waals surface area contributed by atoms with Crippen LogP contribution in [0.1, 0.15) is 135 Å². The van der Waals surface area contributed by atoms with E-state index >= 15 is 0 Å². The van der Waals surface area contributed by atoms with Crippen LogP contribution in [0.3, 0.4) is 0 Å². The summed E-state index contributed by atoms with van der Waals surface area (Å²) in [5.41, 5.74) is 0. The van der Waals surface area contributed by atoms with Gasteiger partial charge in [0.15, 0.2) is 0 Å². The van der Waals surface area contributed by atoms with E-state index in [4.69, 9.17) is 19.2 Å². The van der Waals surface area contributed by atoms with Crippen LogP contribution in [0.5, 0.6) is 0 Å². The largest absolute Gasteiger partial charge is 2.00 e. The number of rotatable bonds is 20. The van der Waals surface area contributed by atoms with Crippen LogP contribution < -0.4 is 10.00 Å². The monoisotopic (exact) mass is 496 g/mol. The van der Waals surface area contributed by atoms with E-state index in [9.17, 15) is 9.90 Å². The first-order valence-corrected chi connectivity index (χ1v) is 13.3. The first-order valence-electron chi connectivity index (χ1n) is 11.7. The third-order valence-electron chi connectivity index (χ3n) is 4.98. The summed E-state index contributed by atoms with van der Waals surface area (Å²) in [5.74, 6) is -0.901. The molecular weight excluding hydrogens is 448 g/mol. The Labute approximate surface area is 212 Å². The summed E-state index contributed by atoms with van der Waals surface area (Å²) in [4.78, 5) is 33.2. The Balaban J connectivity index is -0.000000272. The Kier molecular flexibility index (Phi) is 44.3. The number of carboxylic acid groups (broad SMARTS) is 1. The quantitative estimate of drug-likeness (QED) is 0.148. The SMILES string of the molecule is CCCCCCCCCCCCCCCCCCCCCC(=O)[O-].O.O.O=P([O-])(O)O.[Mg+2]. The van der Waals surface area contributed by atoms with Crippen molar-refractivity contribution in [1.82, 2.24) is 0 Å². The average Bonchev–Trinajstić information content (AvgIpc) is 2.62. The van der Waals surface area contributed by atoms with Crippen molar-refractivity contribution < 1.29 is 40.1 Å². The molecule has 10 heteroatoms. The van der Waals surface area contributed by atoms with E-state index in [-0.39, 0.29) is 40.4 Å². The minimum Gasteiger partial charge on any atom is -0.756 e. The number of phosphoric acid groups is 1. The van der Waals surface area contributed by atoms with Gasteiger partial charge in [0.25, 0.3) is 7.82 Å². The first-order chi connectivity index (χ1) is 13.8.